The molecule has 5 nitrogen and oxygen atoms in total. The summed E-state index contributed by atoms with van der Waals surface area (Å²) in [5.74, 6) is 0. The van der Waals surface area contributed by atoms with Crippen molar-refractivity contribution in [3.8, 4) is 0 Å². The van der Waals surface area contributed by atoms with Crippen LogP contribution >= 0.6 is 0 Å². The van der Waals surface area contributed by atoms with Crippen molar-refractivity contribution in [1.29, 1.82) is 0 Å². The van der Waals surface area contributed by atoms with Gasteiger partial charge in [0, 0.05) is 0 Å². The summed E-state index contributed by atoms with van der Waals surface area (Å²) in [4.78, 5) is 0.126. The maximum Gasteiger partial charge on any atom is 0.296 e. The summed E-state index contributed by atoms with van der Waals surface area (Å²) in [5, 5.41) is 9.19. The van der Waals surface area contributed by atoms with E-state index in [2.05, 4.69) is 0 Å². The molecule has 1 aliphatic heterocycles. The lowest BCUT2D eigenvalue weighted by molar-refractivity contribution is -0.152. The molecule has 1 heterocycles. The SMILES string of the molecule is Cc1ccc(S(=O)(=O)OCC2(CO)COC2)cc1. The molecule has 0 saturated carbocycles. The predicted octanol–water partition coefficient (Wildman–Crippen LogP) is 0.709. The van der Waals surface area contributed by atoms with Crippen molar-refractivity contribution in [2.45, 2.75) is 11.8 Å². The third-order valence-electron chi connectivity index (χ3n) is 2.98. The lowest BCUT2D eigenvalue weighted by Crippen LogP contribution is -2.49. The molecule has 0 aromatic heterocycles. The van der Waals surface area contributed by atoms with Crippen molar-refractivity contribution in [2.75, 3.05) is 26.4 Å². The van der Waals surface area contributed by atoms with Crippen LogP contribution in [0.15, 0.2) is 29.2 Å². The van der Waals surface area contributed by atoms with Crippen molar-refractivity contribution in [2.24, 2.45) is 5.41 Å². The minimum absolute atomic E-state index is 0.0558. The quantitative estimate of drug-likeness (QED) is 0.799. The Kier molecular flexibility index (Phi) is 3.72. The minimum atomic E-state index is -3.76. The van der Waals surface area contributed by atoms with Gasteiger partial charge in [0.15, 0.2) is 0 Å². The van der Waals surface area contributed by atoms with Crippen LogP contribution < -0.4 is 0 Å². The first-order valence-corrected chi connectivity index (χ1v) is 7.03. The van der Waals surface area contributed by atoms with Crippen molar-refractivity contribution < 1.29 is 22.4 Å². The maximum absolute atomic E-state index is 11.9. The van der Waals surface area contributed by atoms with Gasteiger partial charge in [0.25, 0.3) is 10.1 Å². The highest BCUT2D eigenvalue weighted by Crippen LogP contribution is 2.28. The molecule has 0 aliphatic carbocycles. The largest absolute Gasteiger partial charge is 0.396 e. The smallest absolute Gasteiger partial charge is 0.296 e. The van der Waals surface area contributed by atoms with E-state index in [1.54, 1.807) is 12.1 Å². The molecule has 0 radical (unpaired) electrons. The van der Waals surface area contributed by atoms with E-state index in [0.29, 0.717) is 13.2 Å². The summed E-state index contributed by atoms with van der Waals surface area (Å²) >= 11 is 0. The number of hydrogen-bond donors (Lipinski definition) is 1. The van der Waals surface area contributed by atoms with Crippen LogP contribution in [0, 0.1) is 12.3 Å². The third kappa shape index (κ3) is 2.72. The number of benzene rings is 1. The average molecular weight is 272 g/mol. The fourth-order valence-electron chi connectivity index (χ4n) is 1.59. The van der Waals surface area contributed by atoms with E-state index in [-0.39, 0.29) is 18.1 Å². The molecule has 0 atom stereocenters. The second-order valence-electron chi connectivity index (χ2n) is 4.68. The van der Waals surface area contributed by atoms with E-state index in [1.807, 2.05) is 6.92 Å². The molecule has 1 aliphatic rings. The highest BCUT2D eigenvalue weighted by Gasteiger charge is 2.40. The fraction of sp³-hybridized carbons (Fsp3) is 0.500. The molecule has 1 saturated heterocycles. The van der Waals surface area contributed by atoms with E-state index in [0.717, 1.165) is 5.56 Å². The zero-order chi connectivity index (χ0) is 13.2. The Bertz CT molecular complexity index is 496. The number of aliphatic hydroxyl groups excluding tert-OH is 1. The number of ether oxygens (including phenoxy) is 1. The zero-order valence-electron chi connectivity index (χ0n) is 10.1. The second-order valence-corrected chi connectivity index (χ2v) is 6.30. The maximum atomic E-state index is 11.9. The van der Waals surface area contributed by atoms with Crippen LogP contribution in [-0.2, 0) is 19.0 Å². The normalized spacial score (nSPS) is 18.3. The van der Waals surface area contributed by atoms with Crippen molar-refractivity contribution >= 4 is 10.1 Å². The molecule has 0 unspecified atom stereocenters. The number of aryl methyl sites for hydroxylation is 1. The van der Waals surface area contributed by atoms with Crippen molar-refractivity contribution in [3.05, 3.63) is 29.8 Å². The summed E-state index contributed by atoms with van der Waals surface area (Å²) in [7, 11) is -3.76. The summed E-state index contributed by atoms with van der Waals surface area (Å²) in [5.41, 5.74) is 0.408. The van der Waals surface area contributed by atoms with Gasteiger partial charge in [-0.3, -0.25) is 4.18 Å². The van der Waals surface area contributed by atoms with Crippen LogP contribution in [-0.4, -0.2) is 40.0 Å². The van der Waals surface area contributed by atoms with Crippen molar-refractivity contribution in [1.82, 2.24) is 0 Å². The van der Waals surface area contributed by atoms with Gasteiger partial charge >= 0.3 is 0 Å². The van der Waals surface area contributed by atoms with Gasteiger partial charge in [-0.25, -0.2) is 0 Å². The van der Waals surface area contributed by atoms with Crippen LogP contribution in [0.4, 0.5) is 0 Å². The first-order chi connectivity index (χ1) is 8.47. The van der Waals surface area contributed by atoms with E-state index in [1.165, 1.54) is 12.1 Å². The second kappa shape index (κ2) is 4.97. The predicted molar refractivity (Wildman–Crippen MR) is 64.7 cm³/mol. The van der Waals surface area contributed by atoms with Crippen LogP contribution in [0.2, 0.25) is 0 Å². The molecule has 100 valence electrons. The van der Waals surface area contributed by atoms with Gasteiger partial charge in [0.1, 0.15) is 0 Å². The van der Waals surface area contributed by atoms with Gasteiger partial charge in [0.05, 0.1) is 36.7 Å². The standard InChI is InChI=1S/C12H16O5S/c1-10-2-4-11(5-3-10)18(14,15)17-9-12(6-13)7-16-8-12/h2-5,13H,6-9H2,1H3. The Morgan fingerprint density at radius 3 is 2.39 bits per heavy atom. The molecular formula is C12H16O5S. The molecule has 1 N–H and O–H groups in total. The van der Waals surface area contributed by atoms with Crippen LogP contribution in [0.5, 0.6) is 0 Å². The van der Waals surface area contributed by atoms with Gasteiger partial charge < -0.3 is 9.84 Å². The van der Waals surface area contributed by atoms with Gasteiger partial charge in [-0.1, -0.05) is 17.7 Å². The van der Waals surface area contributed by atoms with E-state index < -0.39 is 15.5 Å². The number of aliphatic hydroxyl groups is 1. The molecule has 0 spiro atoms. The van der Waals surface area contributed by atoms with Gasteiger partial charge in [-0.2, -0.15) is 8.42 Å². The van der Waals surface area contributed by atoms with Crippen LogP contribution in [0.25, 0.3) is 0 Å². The third-order valence-corrected chi connectivity index (χ3v) is 4.26. The van der Waals surface area contributed by atoms with E-state index in [4.69, 9.17) is 8.92 Å². The summed E-state index contributed by atoms with van der Waals surface area (Å²) in [6.07, 6.45) is 0. The topological polar surface area (TPSA) is 72.8 Å². The summed E-state index contributed by atoms with van der Waals surface area (Å²) < 4.78 is 33.8. The Balaban J connectivity index is 2.05. The Hall–Kier alpha value is -0.950. The molecule has 0 amide bonds. The van der Waals surface area contributed by atoms with Crippen LogP contribution in [0.3, 0.4) is 0 Å². The minimum Gasteiger partial charge on any atom is -0.396 e. The van der Waals surface area contributed by atoms with E-state index >= 15 is 0 Å². The summed E-state index contributed by atoms with van der Waals surface area (Å²) in [6.45, 7) is 2.33. The molecule has 6 heteroatoms. The Morgan fingerprint density at radius 1 is 1.33 bits per heavy atom. The molecule has 1 fully saturated rings. The average Bonchev–Trinajstić information content (AvgIpc) is 2.29. The van der Waals surface area contributed by atoms with Gasteiger partial charge in [-0.05, 0) is 19.1 Å². The molecule has 2 rings (SSSR count). The zero-order valence-corrected chi connectivity index (χ0v) is 10.9. The lowest BCUT2D eigenvalue weighted by Gasteiger charge is -2.38. The summed E-state index contributed by atoms with van der Waals surface area (Å²) in [6, 6.07) is 6.44. The first kappa shape index (κ1) is 13.5. The van der Waals surface area contributed by atoms with Crippen LogP contribution in [0.1, 0.15) is 5.56 Å². The first-order valence-electron chi connectivity index (χ1n) is 5.62. The highest BCUT2D eigenvalue weighted by atomic mass is 32.2. The number of rotatable bonds is 5. The molecular weight excluding hydrogens is 256 g/mol. The molecule has 1 aromatic carbocycles. The number of hydrogen-bond acceptors (Lipinski definition) is 5. The highest BCUT2D eigenvalue weighted by molar-refractivity contribution is 7.86. The van der Waals surface area contributed by atoms with E-state index in [9.17, 15) is 13.5 Å². The fourth-order valence-corrected chi connectivity index (χ4v) is 2.60. The Labute approximate surface area is 106 Å². The van der Waals surface area contributed by atoms with Gasteiger partial charge in [-0.15, -0.1) is 0 Å². The molecule has 1 aromatic rings. The monoisotopic (exact) mass is 272 g/mol. The van der Waals surface area contributed by atoms with Gasteiger partial charge in [0.2, 0.25) is 0 Å². The molecule has 0 bridgehead atoms. The molecule has 18 heavy (non-hydrogen) atoms. The Morgan fingerprint density at radius 2 is 1.94 bits per heavy atom. The lowest BCUT2D eigenvalue weighted by atomic mass is 9.88. The van der Waals surface area contributed by atoms with Crippen molar-refractivity contribution in [3.63, 3.8) is 0 Å².